The van der Waals surface area contributed by atoms with Crippen molar-refractivity contribution >= 4 is 28.8 Å². The number of amides is 2. The van der Waals surface area contributed by atoms with Crippen molar-refractivity contribution in [1.29, 1.82) is 0 Å². The molecule has 3 heterocycles. The first-order chi connectivity index (χ1) is 10.6. The van der Waals surface area contributed by atoms with E-state index < -0.39 is 5.60 Å². The summed E-state index contributed by atoms with van der Waals surface area (Å²) in [6, 6.07) is 0. The van der Waals surface area contributed by atoms with Gasteiger partial charge >= 0.3 is 0 Å². The minimum Gasteiger partial charge on any atom is -0.362 e. The molecular formula is C14H20N4O3S. The molecule has 0 bridgehead atoms. The number of carbonyl (C=O) groups is 2. The molecule has 2 aliphatic rings. The molecule has 0 N–H and O–H groups in total. The molecule has 3 rings (SSSR count). The van der Waals surface area contributed by atoms with Gasteiger partial charge in [0.1, 0.15) is 0 Å². The van der Waals surface area contributed by atoms with Crippen LogP contribution >= 0.6 is 11.3 Å². The van der Waals surface area contributed by atoms with Crippen LogP contribution in [0.15, 0.2) is 11.6 Å². The molecule has 1 aromatic rings. The van der Waals surface area contributed by atoms with E-state index in [1.54, 1.807) is 29.4 Å². The zero-order chi connectivity index (χ0) is 15.6. The van der Waals surface area contributed by atoms with Crippen LogP contribution in [-0.4, -0.2) is 78.6 Å². The lowest BCUT2D eigenvalue weighted by molar-refractivity contribution is -0.168. The Bertz CT molecular complexity index is 530. The largest absolute Gasteiger partial charge is 0.362 e. The van der Waals surface area contributed by atoms with Crippen molar-refractivity contribution in [3.8, 4) is 0 Å². The quantitative estimate of drug-likeness (QED) is 0.735. The van der Waals surface area contributed by atoms with Crippen molar-refractivity contribution in [3.63, 3.8) is 0 Å². The van der Waals surface area contributed by atoms with Crippen LogP contribution in [0.5, 0.6) is 0 Å². The van der Waals surface area contributed by atoms with E-state index in [0.29, 0.717) is 32.8 Å². The molecule has 2 aliphatic heterocycles. The van der Waals surface area contributed by atoms with Gasteiger partial charge < -0.3 is 19.4 Å². The molecule has 1 atom stereocenters. The Labute approximate surface area is 133 Å². The Morgan fingerprint density at radius 3 is 2.77 bits per heavy atom. The summed E-state index contributed by atoms with van der Waals surface area (Å²) in [6.45, 7) is 5.89. The SMILES string of the molecule is C[C@]1(C(=O)N2CCN(c3nccs3)CC2)CN(C=O)CCO1. The van der Waals surface area contributed by atoms with Crippen molar-refractivity contribution in [2.24, 2.45) is 0 Å². The summed E-state index contributed by atoms with van der Waals surface area (Å²) in [5.41, 5.74) is -0.928. The molecule has 0 radical (unpaired) electrons. The number of anilines is 1. The van der Waals surface area contributed by atoms with Crippen molar-refractivity contribution in [3.05, 3.63) is 11.6 Å². The topological polar surface area (TPSA) is 66.0 Å². The van der Waals surface area contributed by atoms with Crippen LogP contribution in [0, 0.1) is 0 Å². The number of ether oxygens (including phenoxy) is 1. The standard InChI is InChI=1S/C14H20N4O3S/c1-14(10-16(11-19)7-8-21-14)12(20)17-3-5-18(6-4-17)13-15-2-9-22-13/h2,9,11H,3-8,10H2,1H3/t14-/m1/s1. The Morgan fingerprint density at radius 2 is 2.14 bits per heavy atom. The summed E-state index contributed by atoms with van der Waals surface area (Å²) in [6.07, 6.45) is 2.58. The van der Waals surface area contributed by atoms with Gasteiger partial charge in [0.25, 0.3) is 5.91 Å². The molecule has 0 aliphatic carbocycles. The molecule has 120 valence electrons. The van der Waals surface area contributed by atoms with Gasteiger partial charge in [-0.05, 0) is 6.92 Å². The van der Waals surface area contributed by atoms with E-state index in [4.69, 9.17) is 4.74 Å². The van der Waals surface area contributed by atoms with E-state index in [9.17, 15) is 9.59 Å². The number of piperazine rings is 1. The van der Waals surface area contributed by atoms with Crippen molar-refractivity contribution in [2.45, 2.75) is 12.5 Å². The summed E-state index contributed by atoms with van der Waals surface area (Å²) in [4.78, 5) is 33.6. The lowest BCUT2D eigenvalue weighted by Crippen LogP contribution is -2.61. The van der Waals surface area contributed by atoms with Gasteiger partial charge in [-0.3, -0.25) is 9.59 Å². The number of hydrogen-bond acceptors (Lipinski definition) is 6. The van der Waals surface area contributed by atoms with Gasteiger partial charge in [0.15, 0.2) is 10.7 Å². The lowest BCUT2D eigenvalue weighted by atomic mass is 10.0. The van der Waals surface area contributed by atoms with Gasteiger partial charge in [-0.25, -0.2) is 4.98 Å². The maximum Gasteiger partial charge on any atom is 0.256 e. The van der Waals surface area contributed by atoms with Gasteiger partial charge in [0, 0.05) is 44.3 Å². The van der Waals surface area contributed by atoms with Crippen molar-refractivity contribution in [1.82, 2.24) is 14.8 Å². The number of nitrogens with zero attached hydrogens (tertiary/aromatic N) is 4. The number of carbonyl (C=O) groups excluding carboxylic acids is 2. The zero-order valence-corrected chi connectivity index (χ0v) is 13.4. The zero-order valence-electron chi connectivity index (χ0n) is 12.6. The first-order valence-corrected chi connectivity index (χ1v) is 8.27. The summed E-state index contributed by atoms with van der Waals surface area (Å²) >= 11 is 1.61. The molecule has 0 unspecified atom stereocenters. The monoisotopic (exact) mass is 324 g/mol. The van der Waals surface area contributed by atoms with Gasteiger partial charge in [-0.1, -0.05) is 0 Å². The van der Waals surface area contributed by atoms with Crippen molar-refractivity contribution < 1.29 is 14.3 Å². The van der Waals surface area contributed by atoms with E-state index in [1.165, 1.54) is 0 Å². The normalized spacial score (nSPS) is 26.1. The molecule has 1 aromatic heterocycles. The number of thiazole rings is 1. The van der Waals surface area contributed by atoms with Gasteiger partial charge in [0.05, 0.1) is 13.2 Å². The second kappa shape index (κ2) is 6.21. The molecule has 0 aromatic carbocycles. The third kappa shape index (κ3) is 2.93. The average Bonchev–Trinajstić information content (AvgIpc) is 3.09. The molecule has 2 fully saturated rings. The van der Waals surface area contributed by atoms with Crippen LogP contribution in [0.2, 0.25) is 0 Å². The molecule has 0 spiro atoms. The fourth-order valence-corrected chi connectivity index (χ4v) is 3.62. The predicted molar refractivity (Wildman–Crippen MR) is 82.9 cm³/mol. The van der Waals surface area contributed by atoms with E-state index in [2.05, 4.69) is 9.88 Å². The molecule has 8 heteroatoms. The fraction of sp³-hybridized carbons (Fsp3) is 0.643. The second-order valence-electron chi connectivity index (χ2n) is 5.75. The molecule has 22 heavy (non-hydrogen) atoms. The van der Waals surface area contributed by atoms with Gasteiger partial charge in [-0.2, -0.15) is 0 Å². The Balaban J connectivity index is 1.60. The summed E-state index contributed by atoms with van der Waals surface area (Å²) < 4.78 is 5.70. The van der Waals surface area contributed by atoms with Crippen LogP contribution in [0.25, 0.3) is 0 Å². The van der Waals surface area contributed by atoms with Gasteiger partial charge in [-0.15, -0.1) is 11.3 Å². The highest BCUT2D eigenvalue weighted by Gasteiger charge is 2.42. The smallest absolute Gasteiger partial charge is 0.256 e. The van der Waals surface area contributed by atoms with E-state index in [1.807, 2.05) is 10.3 Å². The molecule has 2 saturated heterocycles. The first-order valence-electron chi connectivity index (χ1n) is 7.39. The van der Waals surface area contributed by atoms with E-state index in [0.717, 1.165) is 24.6 Å². The van der Waals surface area contributed by atoms with Crippen LogP contribution in [0.4, 0.5) is 5.13 Å². The summed E-state index contributed by atoms with van der Waals surface area (Å²) in [5.74, 6) is -0.0298. The van der Waals surface area contributed by atoms with Crippen LogP contribution < -0.4 is 4.90 Å². The highest BCUT2D eigenvalue weighted by Crippen LogP contribution is 2.23. The van der Waals surface area contributed by atoms with E-state index in [-0.39, 0.29) is 5.91 Å². The summed E-state index contributed by atoms with van der Waals surface area (Å²) in [5, 5.41) is 2.96. The average molecular weight is 324 g/mol. The maximum atomic E-state index is 12.8. The van der Waals surface area contributed by atoms with Crippen LogP contribution in [-0.2, 0) is 14.3 Å². The molecular weight excluding hydrogens is 304 g/mol. The Kier molecular flexibility index (Phi) is 4.30. The minimum atomic E-state index is -0.928. The van der Waals surface area contributed by atoms with Crippen LogP contribution in [0.1, 0.15) is 6.92 Å². The fourth-order valence-electron chi connectivity index (χ4n) is 2.93. The van der Waals surface area contributed by atoms with Crippen LogP contribution in [0.3, 0.4) is 0 Å². The maximum absolute atomic E-state index is 12.8. The second-order valence-corrected chi connectivity index (χ2v) is 6.62. The third-order valence-corrected chi connectivity index (χ3v) is 4.99. The predicted octanol–water partition coefficient (Wildman–Crippen LogP) is 0.0390. The van der Waals surface area contributed by atoms with Gasteiger partial charge in [0.2, 0.25) is 6.41 Å². The van der Waals surface area contributed by atoms with Crippen molar-refractivity contribution in [2.75, 3.05) is 50.8 Å². The lowest BCUT2D eigenvalue weighted by Gasteiger charge is -2.43. The highest BCUT2D eigenvalue weighted by molar-refractivity contribution is 7.13. The highest BCUT2D eigenvalue weighted by atomic mass is 32.1. The number of aromatic nitrogens is 1. The number of rotatable bonds is 3. The Morgan fingerprint density at radius 1 is 1.36 bits per heavy atom. The molecule has 2 amide bonds. The molecule has 0 saturated carbocycles. The summed E-state index contributed by atoms with van der Waals surface area (Å²) in [7, 11) is 0. The Hall–Kier alpha value is -1.67. The number of morpholine rings is 1. The molecule has 7 nitrogen and oxygen atoms in total. The number of hydrogen-bond donors (Lipinski definition) is 0. The minimum absolute atomic E-state index is 0.0298. The van der Waals surface area contributed by atoms with E-state index >= 15 is 0 Å². The third-order valence-electron chi connectivity index (χ3n) is 4.16. The first kappa shape index (κ1) is 15.2.